The SMILES string of the molecule is Cc1c(C(=O)O)nnn1CC(=O)NC(C)c1ccco1. The van der Waals surface area contributed by atoms with Crippen LogP contribution in [0.15, 0.2) is 22.8 Å². The minimum absolute atomic E-state index is 0.100. The first kappa shape index (κ1) is 13.8. The number of rotatable bonds is 5. The summed E-state index contributed by atoms with van der Waals surface area (Å²) in [4.78, 5) is 22.7. The fourth-order valence-corrected chi connectivity index (χ4v) is 1.74. The summed E-state index contributed by atoms with van der Waals surface area (Å²) in [6.45, 7) is 3.23. The molecule has 0 radical (unpaired) electrons. The van der Waals surface area contributed by atoms with Crippen LogP contribution >= 0.6 is 0 Å². The van der Waals surface area contributed by atoms with E-state index in [4.69, 9.17) is 9.52 Å². The molecule has 0 fully saturated rings. The van der Waals surface area contributed by atoms with Gasteiger partial charge in [-0.25, -0.2) is 9.48 Å². The van der Waals surface area contributed by atoms with E-state index < -0.39 is 5.97 Å². The molecule has 20 heavy (non-hydrogen) atoms. The van der Waals surface area contributed by atoms with Crippen LogP contribution in [0, 0.1) is 6.92 Å². The van der Waals surface area contributed by atoms with E-state index in [9.17, 15) is 9.59 Å². The monoisotopic (exact) mass is 278 g/mol. The van der Waals surface area contributed by atoms with E-state index in [-0.39, 0.29) is 24.2 Å². The molecule has 2 aromatic rings. The van der Waals surface area contributed by atoms with Crippen molar-refractivity contribution >= 4 is 11.9 Å². The normalized spacial score (nSPS) is 12.1. The Kier molecular flexibility index (Phi) is 3.83. The largest absolute Gasteiger partial charge is 0.476 e. The summed E-state index contributed by atoms with van der Waals surface area (Å²) in [6, 6.07) is 3.22. The van der Waals surface area contributed by atoms with Gasteiger partial charge in [0.2, 0.25) is 5.91 Å². The topological polar surface area (TPSA) is 110 Å². The van der Waals surface area contributed by atoms with Crippen molar-refractivity contribution in [3.8, 4) is 0 Å². The molecule has 0 bridgehead atoms. The number of amides is 1. The van der Waals surface area contributed by atoms with Crippen LogP contribution in [0.25, 0.3) is 0 Å². The molecule has 1 unspecified atom stereocenters. The number of hydrogen-bond donors (Lipinski definition) is 2. The van der Waals surface area contributed by atoms with Gasteiger partial charge in [-0.15, -0.1) is 5.10 Å². The van der Waals surface area contributed by atoms with Crippen molar-refractivity contribution in [1.82, 2.24) is 20.3 Å². The van der Waals surface area contributed by atoms with Crippen molar-refractivity contribution in [2.45, 2.75) is 26.4 Å². The van der Waals surface area contributed by atoms with Gasteiger partial charge < -0.3 is 14.8 Å². The second kappa shape index (κ2) is 5.55. The third kappa shape index (κ3) is 2.85. The predicted molar refractivity (Wildman–Crippen MR) is 67.0 cm³/mol. The average molecular weight is 278 g/mol. The molecule has 0 saturated heterocycles. The minimum Gasteiger partial charge on any atom is -0.476 e. The van der Waals surface area contributed by atoms with E-state index in [1.165, 1.54) is 10.9 Å². The third-order valence-corrected chi connectivity index (χ3v) is 2.83. The Bertz CT molecular complexity index is 617. The van der Waals surface area contributed by atoms with Gasteiger partial charge in [-0.1, -0.05) is 5.21 Å². The molecule has 8 heteroatoms. The Balaban J connectivity index is 2.00. The number of carbonyl (C=O) groups is 2. The Morgan fingerprint density at radius 1 is 1.55 bits per heavy atom. The van der Waals surface area contributed by atoms with Gasteiger partial charge in [0.1, 0.15) is 12.3 Å². The van der Waals surface area contributed by atoms with Crippen molar-refractivity contribution in [2.75, 3.05) is 0 Å². The molecule has 8 nitrogen and oxygen atoms in total. The highest BCUT2D eigenvalue weighted by Crippen LogP contribution is 2.12. The average Bonchev–Trinajstić information content (AvgIpc) is 3.00. The van der Waals surface area contributed by atoms with Gasteiger partial charge in [0, 0.05) is 0 Å². The maximum atomic E-state index is 11.9. The number of nitrogens with one attached hydrogen (secondary N) is 1. The van der Waals surface area contributed by atoms with Gasteiger partial charge in [-0.3, -0.25) is 4.79 Å². The summed E-state index contributed by atoms with van der Waals surface area (Å²) in [6.07, 6.45) is 1.53. The van der Waals surface area contributed by atoms with E-state index in [0.29, 0.717) is 11.5 Å². The molecule has 0 spiro atoms. The molecule has 2 heterocycles. The third-order valence-electron chi connectivity index (χ3n) is 2.83. The van der Waals surface area contributed by atoms with E-state index in [0.717, 1.165) is 0 Å². The Labute approximate surface area is 114 Å². The van der Waals surface area contributed by atoms with Crippen molar-refractivity contribution in [3.05, 3.63) is 35.5 Å². The molecule has 1 atom stereocenters. The quantitative estimate of drug-likeness (QED) is 0.835. The molecule has 106 valence electrons. The lowest BCUT2D eigenvalue weighted by molar-refractivity contribution is -0.122. The summed E-state index contributed by atoms with van der Waals surface area (Å²) in [5.74, 6) is -0.836. The van der Waals surface area contributed by atoms with Gasteiger partial charge >= 0.3 is 5.97 Å². The highest BCUT2D eigenvalue weighted by Gasteiger charge is 2.18. The molecule has 0 aliphatic heterocycles. The number of nitrogens with zero attached hydrogens (tertiary/aromatic N) is 3. The molecule has 2 rings (SSSR count). The first-order valence-electron chi connectivity index (χ1n) is 5.95. The molecule has 2 aromatic heterocycles. The maximum absolute atomic E-state index is 11.9. The van der Waals surface area contributed by atoms with Crippen molar-refractivity contribution in [3.63, 3.8) is 0 Å². The molecule has 0 saturated carbocycles. The van der Waals surface area contributed by atoms with E-state index in [2.05, 4.69) is 15.6 Å². The number of hydrogen-bond acceptors (Lipinski definition) is 5. The van der Waals surface area contributed by atoms with Crippen LogP contribution in [-0.4, -0.2) is 32.0 Å². The zero-order chi connectivity index (χ0) is 14.7. The number of carbonyl (C=O) groups excluding carboxylic acids is 1. The van der Waals surface area contributed by atoms with Crippen LogP contribution in [0.4, 0.5) is 0 Å². The maximum Gasteiger partial charge on any atom is 0.358 e. The summed E-state index contributed by atoms with van der Waals surface area (Å²) in [7, 11) is 0. The summed E-state index contributed by atoms with van der Waals surface area (Å²) < 4.78 is 6.42. The zero-order valence-corrected chi connectivity index (χ0v) is 11.0. The lowest BCUT2D eigenvalue weighted by Gasteiger charge is -2.11. The molecule has 2 N–H and O–H groups in total. The summed E-state index contributed by atoms with van der Waals surface area (Å²) in [5, 5.41) is 18.7. The Hall–Kier alpha value is -2.64. The fraction of sp³-hybridized carbons (Fsp3) is 0.333. The van der Waals surface area contributed by atoms with Gasteiger partial charge in [-0.05, 0) is 26.0 Å². The molecule has 0 aromatic carbocycles. The highest BCUT2D eigenvalue weighted by molar-refractivity contribution is 5.86. The molecule has 1 amide bonds. The van der Waals surface area contributed by atoms with Gasteiger partial charge in [0.15, 0.2) is 5.69 Å². The number of carboxylic acids is 1. The van der Waals surface area contributed by atoms with Crippen LogP contribution < -0.4 is 5.32 Å². The zero-order valence-electron chi connectivity index (χ0n) is 11.0. The van der Waals surface area contributed by atoms with Crippen LogP contribution in [0.1, 0.15) is 34.9 Å². The van der Waals surface area contributed by atoms with Gasteiger partial charge in [0.05, 0.1) is 18.0 Å². The van der Waals surface area contributed by atoms with E-state index >= 15 is 0 Å². The summed E-state index contributed by atoms with van der Waals surface area (Å²) in [5.41, 5.74) is 0.176. The first-order valence-corrected chi connectivity index (χ1v) is 5.95. The Morgan fingerprint density at radius 2 is 2.30 bits per heavy atom. The van der Waals surface area contributed by atoms with E-state index in [1.54, 1.807) is 26.0 Å². The minimum atomic E-state index is -1.17. The molecular weight excluding hydrogens is 264 g/mol. The van der Waals surface area contributed by atoms with Crippen LogP contribution in [0.3, 0.4) is 0 Å². The van der Waals surface area contributed by atoms with E-state index in [1.807, 2.05) is 0 Å². The number of aromatic carboxylic acids is 1. The van der Waals surface area contributed by atoms with Gasteiger partial charge in [0.25, 0.3) is 0 Å². The van der Waals surface area contributed by atoms with Crippen LogP contribution in [0.2, 0.25) is 0 Å². The lowest BCUT2D eigenvalue weighted by atomic mass is 10.2. The lowest BCUT2D eigenvalue weighted by Crippen LogP contribution is -2.30. The summed E-state index contributed by atoms with van der Waals surface area (Å²) >= 11 is 0. The fourth-order valence-electron chi connectivity index (χ4n) is 1.74. The molecule has 0 aliphatic rings. The van der Waals surface area contributed by atoms with Crippen LogP contribution in [-0.2, 0) is 11.3 Å². The number of aromatic nitrogens is 3. The second-order valence-electron chi connectivity index (χ2n) is 4.29. The van der Waals surface area contributed by atoms with Gasteiger partial charge in [-0.2, -0.15) is 0 Å². The number of carboxylic acid groups (broad SMARTS) is 1. The smallest absolute Gasteiger partial charge is 0.358 e. The predicted octanol–water partition coefficient (Wildman–Crippen LogP) is 0.755. The second-order valence-corrected chi connectivity index (χ2v) is 4.29. The molecular formula is C12H14N4O4. The highest BCUT2D eigenvalue weighted by atomic mass is 16.4. The van der Waals surface area contributed by atoms with Crippen LogP contribution in [0.5, 0.6) is 0 Å². The first-order chi connectivity index (χ1) is 9.49. The van der Waals surface area contributed by atoms with Crippen molar-refractivity contribution < 1.29 is 19.1 Å². The van der Waals surface area contributed by atoms with Crippen molar-refractivity contribution in [1.29, 1.82) is 0 Å². The standard InChI is InChI=1S/C12H14N4O4/c1-7(9-4-3-5-20-9)13-10(17)6-16-8(2)11(12(18)19)14-15-16/h3-5,7H,6H2,1-2H3,(H,13,17)(H,18,19). The molecule has 0 aliphatic carbocycles. The Morgan fingerprint density at radius 3 is 2.85 bits per heavy atom. The number of furan rings is 1. The van der Waals surface area contributed by atoms with Crippen molar-refractivity contribution in [2.24, 2.45) is 0 Å².